The Morgan fingerprint density at radius 1 is 1.25 bits per heavy atom. The van der Waals surface area contributed by atoms with Gasteiger partial charge >= 0.3 is 0 Å². The van der Waals surface area contributed by atoms with E-state index in [0.717, 1.165) is 38.5 Å². The molecule has 0 bridgehead atoms. The van der Waals surface area contributed by atoms with Crippen molar-refractivity contribution in [1.82, 2.24) is 15.4 Å². The molecule has 0 spiro atoms. The summed E-state index contributed by atoms with van der Waals surface area (Å²) < 4.78 is 32.5. The van der Waals surface area contributed by atoms with Gasteiger partial charge in [0.15, 0.2) is 5.96 Å². The molecule has 1 fully saturated rings. The SMILES string of the molecule is CCCC(CCO)CN=C(NCC)NCCS(=O)(=O)NCC1CCCCO1.I. The summed E-state index contributed by atoms with van der Waals surface area (Å²) in [4.78, 5) is 4.54. The van der Waals surface area contributed by atoms with Crippen molar-refractivity contribution in [3.8, 4) is 0 Å². The van der Waals surface area contributed by atoms with Crippen LogP contribution < -0.4 is 15.4 Å². The molecule has 10 heteroatoms. The van der Waals surface area contributed by atoms with E-state index in [1.54, 1.807) is 0 Å². The zero-order chi connectivity index (χ0) is 20.0. The first-order chi connectivity index (χ1) is 13.0. The Morgan fingerprint density at radius 3 is 2.64 bits per heavy atom. The Labute approximate surface area is 187 Å². The minimum Gasteiger partial charge on any atom is -0.396 e. The van der Waals surface area contributed by atoms with Crippen LogP contribution >= 0.6 is 24.0 Å². The number of ether oxygens (including phenoxy) is 1. The fourth-order valence-electron chi connectivity index (χ4n) is 3.04. The van der Waals surface area contributed by atoms with Crippen molar-refractivity contribution in [1.29, 1.82) is 0 Å². The van der Waals surface area contributed by atoms with Gasteiger partial charge in [0.05, 0.1) is 11.9 Å². The van der Waals surface area contributed by atoms with Crippen molar-refractivity contribution < 1.29 is 18.3 Å². The van der Waals surface area contributed by atoms with Gasteiger partial charge in [0.1, 0.15) is 0 Å². The van der Waals surface area contributed by atoms with Crippen molar-refractivity contribution >= 4 is 40.0 Å². The van der Waals surface area contributed by atoms with Gasteiger partial charge in [-0.05, 0) is 44.9 Å². The van der Waals surface area contributed by atoms with E-state index in [2.05, 4.69) is 27.3 Å². The number of nitrogens with one attached hydrogen (secondary N) is 3. The average Bonchev–Trinajstić information content (AvgIpc) is 2.65. The maximum atomic E-state index is 12.2. The van der Waals surface area contributed by atoms with E-state index in [4.69, 9.17) is 9.84 Å². The van der Waals surface area contributed by atoms with E-state index in [9.17, 15) is 8.42 Å². The number of aliphatic hydroxyl groups is 1. The maximum absolute atomic E-state index is 12.2. The number of hydrogen-bond acceptors (Lipinski definition) is 5. The number of aliphatic hydroxyl groups excluding tert-OH is 1. The standard InChI is InChI=1S/C18H38N4O4S.HI/c1-3-7-16(9-11-23)14-21-18(19-4-2)20-10-13-27(24,25)22-15-17-8-5-6-12-26-17;/h16-17,22-23H,3-15H2,1-2H3,(H2,19,20,21);1H. The van der Waals surface area contributed by atoms with Crippen LogP contribution in [-0.4, -0.2) is 70.7 Å². The molecule has 0 aromatic rings. The lowest BCUT2D eigenvalue weighted by molar-refractivity contribution is 0.0200. The van der Waals surface area contributed by atoms with Gasteiger partial charge in [0.25, 0.3) is 0 Å². The van der Waals surface area contributed by atoms with Crippen LogP contribution in [0.25, 0.3) is 0 Å². The third kappa shape index (κ3) is 13.1. The lowest BCUT2D eigenvalue weighted by atomic mass is 10.0. The number of nitrogens with zero attached hydrogens (tertiary/aromatic N) is 1. The van der Waals surface area contributed by atoms with Crippen molar-refractivity contribution in [3.63, 3.8) is 0 Å². The quantitative estimate of drug-likeness (QED) is 0.162. The summed E-state index contributed by atoms with van der Waals surface area (Å²) in [5.41, 5.74) is 0. The summed E-state index contributed by atoms with van der Waals surface area (Å²) in [7, 11) is -3.35. The summed E-state index contributed by atoms with van der Waals surface area (Å²) >= 11 is 0. The van der Waals surface area contributed by atoms with Gasteiger partial charge in [-0.1, -0.05) is 13.3 Å². The van der Waals surface area contributed by atoms with Gasteiger partial charge in [-0.2, -0.15) is 0 Å². The largest absolute Gasteiger partial charge is 0.396 e. The van der Waals surface area contributed by atoms with E-state index < -0.39 is 10.0 Å². The monoisotopic (exact) mass is 534 g/mol. The average molecular weight is 535 g/mol. The fraction of sp³-hybridized carbons (Fsp3) is 0.944. The molecule has 2 atom stereocenters. The Kier molecular flexibility index (Phi) is 16.5. The molecule has 1 rings (SSSR count). The molecule has 0 aliphatic carbocycles. The molecule has 8 nitrogen and oxygen atoms in total. The molecule has 1 aliphatic rings. The van der Waals surface area contributed by atoms with Crippen LogP contribution in [-0.2, 0) is 14.8 Å². The van der Waals surface area contributed by atoms with Gasteiger partial charge in [0, 0.05) is 39.4 Å². The molecule has 2 unspecified atom stereocenters. The number of sulfonamides is 1. The molecule has 1 heterocycles. The van der Waals surface area contributed by atoms with E-state index >= 15 is 0 Å². The molecule has 0 aromatic heterocycles. The first kappa shape index (κ1) is 27.8. The summed E-state index contributed by atoms with van der Waals surface area (Å²) in [6, 6.07) is 0. The number of hydrogen-bond donors (Lipinski definition) is 4. The van der Waals surface area contributed by atoms with Crippen LogP contribution in [0.15, 0.2) is 4.99 Å². The van der Waals surface area contributed by atoms with Crippen LogP contribution in [0.3, 0.4) is 0 Å². The van der Waals surface area contributed by atoms with E-state index in [-0.39, 0.29) is 49.0 Å². The van der Waals surface area contributed by atoms with Crippen molar-refractivity contribution in [3.05, 3.63) is 0 Å². The molecular weight excluding hydrogens is 495 g/mol. The second-order valence-corrected chi connectivity index (χ2v) is 8.90. The Bertz CT molecular complexity index is 508. The number of rotatable bonds is 13. The molecule has 28 heavy (non-hydrogen) atoms. The number of halogens is 1. The fourth-order valence-corrected chi connectivity index (χ4v) is 4.00. The first-order valence-electron chi connectivity index (χ1n) is 10.2. The van der Waals surface area contributed by atoms with Gasteiger partial charge in [-0.3, -0.25) is 4.99 Å². The summed E-state index contributed by atoms with van der Waals surface area (Å²) in [5, 5.41) is 15.4. The zero-order valence-corrected chi connectivity index (χ0v) is 20.4. The van der Waals surface area contributed by atoms with Crippen LogP contribution in [0.2, 0.25) is 0 Å². The molecular formula is C18H39IN4O4S. The second kappa shape index (κ2) is 16.6. The van der Waals surface area contributed by atoms with Gasteiger partial charge in [-0.25, -0.2) is 13.1 Å². The van der Waals surface area contributed by atoms with Gasteiger partial charge in [-0.15, -0.1) is 24.0 Å². The maximum Gasteiger partial charge on any atom is 0.213 e. The Hall–Kier alpha value is -0.170. The minimum absolute atomic E-state index is 0. The highest BCUT2D eigenvalue weighted by atomic mass is 127. The van der Waals surface area contributed by atoms with Gasteiger partial charge in [0.2, 0.25) is 10.0 Å². The normalized spacial score (nSPS) is 19.0. The van der Waals surface area contributed by atoms with Crippen LogP contribution in [0.1, 0.15) is 52.4 Å². The first-order valence-corrected chi connectivity index (χ1v) is 11.9. The summed E-state index contributed by atoms with van der Waals surface area (Å²) in [6.07, 6.45) is 5.85. The zero-order valence-electron chi connectivity index (χ0n) is 17.3. The molecule has 1 saturated heterocycles. The lowest BCUT2D eigenvalue weighted by Gasteiger charge is -2.22. The van der Waals surface area contributed by atoms with Gasteiger partial charge < -0.3 is 20.5 Å². The minimum atomic E-state index is -3.35. The number of aliphatic imine (C=N–C) groups is 1. The topological polar surface area (TPSA) is 112 Å². The lowest BCUT2D eigenvalue weighted by Crippen LogP contribution is -2.42. The van der Waals surface area contributed by atoms with Crippen LogP contribution in [0, 0.1) is 5.92 Å². The highest BCUT2D eigenvalue weighted by Gasteiger charge is 2.17. The van der Waals surface area contributed by atoms with E-state index in [1.807, 2.05) is 6.92 Å². The summed E-state index contributed by atoms with van der Waals surface area (Å²) in [5.74, 6) is 0.942. The molecule has 0 amide bonds. The van der Waals surface area contributed by atoms with Crippen molar-refractivity contribution in [2.24, 2.45) is 10.9 Å². The highest BCUT2D eigenvalue weighted by molar-refractivity contribution is 14.0. The van der Waals surface area contributed by atoms with E-state index in [0.29, 0.717) is 38.1 Å². The van der Waals surface area contributed by atoms with Crippen molar-refractivity contribution in [2.45, 2.75) is 58.5 Å². The Balaban J connectivity index is 0.00000729. The third-order valence-electron chi connectivity index (χ3n) is 4.55. The summed E-state index contributed by atoms with van der Waals surface area (Å²) in [6.45, 7) is 6.92. The third-order valence-corrected chi connectivity index (χ3v) is 5.90. The Morgan fingerprint density at radius 2 is 2.04 bits per heavy atom. The predicted molar refractivity (Wildman–Crippen MR) is 125 cm³/mol. The predicted octanol–water partition coefficient (Wildman–Crippen LogP) is 1.45. The highest BCUT2D eigenvalue weighted by Crippen LogP contribution is 2.12. The smallest absolute Gasteiger partial charge is 0.213 e. The number of guanidine groups is 1. The second-order valence-electron chi connectivity index (χ2n) is 6.97. The van der Waals surface area contributed by atoms with Crippen LogP contribution in [0.4, 0.5) is 0 Å². The van der Waals surface area contributed by atoms with Crippen molar-refractivity contribution in [2.75, 3.05) is 45.1 Å². The molecule has 0 aromatic carbocycles. The molecule has 1 aliphatic heterocycles. The van der Waals surface area contributed by atoms with Crippen LogP contribution in [0.5, 0.6) is 0 Å². The molecule has 4 N–H and O–H groups in total. The van der Waals surface area contributed by atoms with E-state index in [1.165, 1.54) is 0 Å². The molecule has 168 valence electrons. The molecule has 0 radical (unpaired) electrons. The molecule has 0 saturated carbocycles.